The molecule has 0 spiro atoms. The Hall–Kier alpha value is -5.49. The standard InChI is InChI=1S/C34H24N6/c1-38-30-16-5-3-14-28(30)37-34(38)24-21-31(39-19-9-18-36-39)33-26-12-2-4-15-29(26)40(32(33)22-24)25-11-8-10-23(20-25)27-13-6-7-17-35-27/h2-22H,1H3. The average molecular weight is 517 g/mol. The first-order chi connectivity index (χ1) is 19.8. The zero-order valence-electron chi connectivity index (χ0n) is 21.8. The molecule has 0 aliphatic rings. The molecule has 0 aliphatic heterocycles. The Labute approximate surface area is 230 Å². The highest BCUT2D eigenvalue weighted by atomic mass is 15.3. The summed E-state index contributed by atoms with van der Waals surface area (Å²) in [5, 5.41) is 6.96. The molecule has 0 bridgehead atoms. The van der Waals surface area contributed by atoms with Crippen LogP contribution >= 0.6 is 0 Å². The quantitative estimate of drug-likeness (QED) is 0.242. The van der Waals surface area contributed by atoms with Crippen LogP contribution in [-0.2, 0) is 7.05 Å². The summed E-state index contributed by atoms with van der Waals surface area (Å²) in [6.07, 6.45) is 5.66. The highest BCUT2D eigenvalue weighted by Crippen LogP contribution is 2.39. The number of rotatable bonds is 4. The van der Waals surface area contributed by atoms with Crippen LogP contribution in [0.4, 0.5) is 0 Å². The topological polar surface area (TPSA) is 53.5 Å². The van der Waals surface area contributed by atoms with E-state index in [1.54, 1.807) is 0 Å². The number of aromatic nitrogens is 6. The summed E-state index contributed by atoms with van der Waals surface area (Å²) in [7, 11) is 2.08. The maximum absolute atomic E-state index is 5.04. The minimum Gasteiger partial charge on any atom is -0.327 e. The molecule has 0 atom stereocenters. The number of hydrogen-bond donors (Lipinski definition) is 0. The van der Waals surface area contributed by atoms with Crippen LogP contribution in [0.3, 0.4) is 0 Å². The monoisotopic (exact) mass is 516 g/mol. The zero-order chi connectivity index (χ0) is 26.6. The van der Waals surface area contributed by atoms with Gasteiger partial charge in [0.25, 0.3) is 0 Å². The Bertz CT molecular complexity index is 2170. The smallest absolute Gasteiger partial charge is 0.141 e. The van der Waals surface area contributed by atoms with Crippen molar-refractivity contribution in [1.29, 1.82) is 0 Å². The Morgan fingerprint density at radius 1 is 0.650 bits per heavy atom. The van der Waals surface area contributed by atoms with Gasteiger partial charge in [-0.1, -0.05) is 48.5 Å². The molecule has 0 amide bonds. The summed E-state index contributed by atoms with van der Waals surface area (Å²) < 4.78 is 6.46. The predicted molar refractivity (Wildman–Crippen MR) is 161 cm³/mol. The highest BCUT2D eigenvalue weighted by molar-refractivity contribution is 6.14. The van der Waals surface area contributed by atoms with Crippen molar-refractivity contribution in [3.63, 3.8) is 0 Å². The van der Waals surface area contributed by atoms with Crippen molar-refractivity contribution in [2.75, 3.05) is 0 Å². The molecule has 0 saturated heterocycles. The maximum atomic E-state index is 5.04. The largest absolute Gasteiger partial charge is 0.327 e. The molecule has 0 radical (unpaired) electrons. The predicted octanol–water partition coefficient (Wildman–Crippen LogP) is 7.59. The van der Waals surface area contributed by atoms with Crippen molar-refractivity contribution < 1.29 is 0 Å². The van der Waals surface area contributed by atoms with Crippen molar-refractivity contribution >= 4 is 32.8 Å². The number of pyridine rings is 1. The first-order valence-corrected chi connectivity index (χ1v) is 13.3. The van der Waals surface area contributed by atoms with E-state index in [1.807, 2.05) is 53.6 Å². The average Bonchev–Trinajstić information content (AvgIpc) is 3.74. The molecule has 4 heterocycles. The number of benzene rings is 4. The summed E-state index contributed by atoms with van der Waals surface area (Å²) in [4.78, 5) is 9.63. The van der Waals surface area contributed by atoms with E-state index in [2.05, 4.69) is 105 Å². The molecule has 8 rings (SSSR count). The molecule has 0 unspecified atom stereocenters. The summed E-state index contributed by atoms with van der Waals surface area (Å²) in [5.41, 5.74) is 9.43. The van der Waals surface area contributed by atoms with Gasteiger partial charge in [-0.3, -0.25) is 4.98 Å². The Morgan fingerprint density at radius 3 is 2.33 bits per heavy atom. The molecule has 0 fully saturated rings. The zero-order valence-corrected chi connectivity index (χ0v) is 21.8. The number of aryl methyl sites for hydroxylation is 1. The Kier molecular flexibility index (Phi) is 4.94. The molecule has 40 heavy (non-hydrogen) atoms. The Balaban J connectivity index is 1.48. The van der Waals surface area contributed by atoms with E-state index in [9.17, 15) is 0 Å². The third kappa shape index (κ3) is 3.39. The lowest BCUT2D eigenvalue weighted by molar-refractivity contribution is 0.887. The van der Waals surface area contributed by atoms with Gasteiger partial charge in [-0.25, -0.2) is 9.67 Å². The van der Waals surface area contributed by atoms with Crippen LogP contribution in [0.1, 0.15) is 0 Å². The van der Waals surface area contributed by atoms with E-state index < -0.39 is 0 Å². The summed E-state index contributed by atoms with van der Waals surface area (Å²) in [6.45, 7) is 0. The third-order valence-electron chi connectivity index (χ3n) is 7.61. The molecule has 0 saturated carbocycles. The fourth-order valence-corrected chi connectivity index (χ4v) is 5.81. The van der Waals surface area contributed by atoms with E-state index in [1.165, 1.54) is 5.39 Å². The molecule has 8 aromatic rings. The van der Waals surface area contributed by atoms with Crippen LogP contribution < -0.4 is 0 Å². The van der Waals surface area contributed by atoms with Gasteiger partial charge >= 0.3 is 0 Å². The molecule has 190 valence electrons. The molecule has 0 aliphatic carbocycles. The first-order valence-electron chi connectivity index (χ1n) is 13.3. The second-order valence-corrected chi connectivity index (χ2v) is 9.94. The van der Waals surface area contributed by atoms with Gasteiger partial charge in [-0.15, -0.1) is 0 Å². The first kappa shape index (κ1) is 22.5. The highest BCUT2D eigenvalue weighted by Gasteiger charge is 2.20. The van der Waals surface area contributed by atoms with Gasteiger partial charge in [0.15, 0.2) is 0 Å². The number of imidazole rings is 1. The van der Waals surface area contributed by atoms with E-state index >= 15 is 0 Å². The number of hydrogen-bond acceptors (Lipinski definition) is 3. The van der Waals surface area contributed by atoms with E-state index in [4.69, 9.17) is 4.98 Å². The van der Waals surface area contributed by atoms with Gasteiger partial charge in [0, 0.05) is 53.2 Å². The van der Waals surface area contributed by atoms with Crippen LogP contribution in [-0.4, -0.2) is 28.9 Å². The van der Waals surface area contributed by atoms with Gasteiger partial charge in [-0.2, -0.15) is 5.10 Å². The number of para-hydroxylation sites is 3. The van der Waals surface area contributed by atoms with E-state index in [0.29, 0.717) is 0 Å². The van der Waals surface area contributed by atoms with Gasteiger partial charge < -0.3 is 9.13 Å². The second kappa shape index (κ2) is 8.78. The van der Waals surface area contributed by atoms with Gasteiger partial charge in [0.2, 0.25) is 0 Å². The van der Waals surface area contributed by atoms with Crippen LogP contribution in [0.25, 0.3) is 66.9 Å². The lowest BCUT2D eigenvalue weighted by Gasteiger charge is -2.13. The van der Waals surface area contributed by atoms with Gasteiger partial charge in [-0.05, 0) is 60.7 Å². The van der Waals surface area contributed by atoms with Crippen molar-refractivity contribution in [3.05, 3.63) is 128 Å². The fraction of sp³-hybridized carbons (Fsp3) is 0.0294. The molecular formula is C34H24N6. The van der Waals surface area contributed by atoms with Crippen LogP contribution in [0, 0.1) is 0 Å². The molecule has 4 aromatic carbocycles. The fourth-order valence-electron chi connectivity index (χ4n) is 5.81. The molecule has 4 aromatic heterocycles. The summed E-state index contributed by atoms with van der Waals surface area (Å²) >= 11 is 0. The molecule has 6 heteroatoms. The van der Waals surface area contributed by atoms with E-state index in [-0.39, 0.29) is 0 Å². The lowest BCUT2D eigenvalue weighted by Crippen LogP contribution is -2.00. The lowest BCUT2D eigenvalue weighted by atomic mass is 10.1. The van der Waals surface area contributed by atoms with Crippen LogP contribution in [0.15, 0.2) is 128 Å². The van der Waals surface area contributed by atoms with Crippen molar-refractivity contribution in [2.45, 2.75) is 0 Å². The minimum atomic E-state index is 0.913. The maximum Gasteiger partial charge on any atom is 0.141 e. The van der Waals surface area contributed by atoms with Crippen LogP contribution in [0.2, 0.25) is 0 Å². The van der Waals surface area contributed by atoms with Crippen molar-refractivity contribution in [2.24, 2.45) is 7.05 Å². The number of fused-ring (bicyclic) bond motifs is 4. The summed E-state index contributed by atoms with van der Waals surface area (Å²) in [6, 6.07) is 37.9. The SMILES string of the molecule is Cn1c(-c2cc(-n3cccn3)c3c4ccccc4n(-c4cccc(-c5ccccn5)c4)c3c2)nc2ccccc21. The summed E-state index contributed by atoms with van der Waals surface area (Å²) in [5.74, 6) is 0.913. The van der Waals surface area contributed by atoms with Gasteiger partial charge in [0.1, 0.15) is 5.82 Å². The molecular weight excluding hydrogens is 492 g/mol. The van der Waals surface area contributed by atoms with Crippen molar-refractivity contribution in [1.82, 2.24) is 28.9 Å². The van der Waals surface area contributed by atoms with Gasteiger partial charge in [0.05, 0.1) is 33.4 Å². The molecule has 6 nitrogen and oxygen atoms in total. The minimum absolute atomic E-state index is 0.913. The van der Waals surface area contributed by atoms with E-state index in [0.717, 1.165) is 61.5 Å². The normalized spacial score (nSPS) is 11.6. The van der Waals surface area contributed by atoms with Crippen LogP contribution in [0.5, 0.6) is 0 Å². The third-order valence-corrected chi connectivity index (χ3v) is 7.61. The molecule has 0 N–H and O–H groups in total. The number of nitrogens with zero attached hydrogens (tertiary/aromatic N) is 6. The Morgan fingerprint density at radius 2 is 1.50 bits per heavy atom. The van der Waals surface area contributed by atoms with Crippen molar-refractivity contribution in [3.8, 4) is 34.0 Å². The second-order valence-electron chi connectivity index (χ2n) is 9.94.